The number of Topliss-reactive ketones (excluding diaryl/α,β-unsaturated/α-hetero) is 2. The van der Waals surface area contributed by atoms with Crippen LogP contribution in [0.1, 0.15) is 49.9 Å². The fourth-order valence-electron chi connectivity index (χ4n) is 8.21. The molecule has 1 fully saturated rings. The topological polar surface area (TPSA) is 53.2 Å². The third-order valence-corrected chi connectivity index (χ3v) is 9.88. The molecule has 1 N–H and O–H groups in total. The van der Waals surface area contributed by atoms with Crippen LogP contribution in [-0.4, -0.2) is 35.0 Å². The summed E-state index contributed by atoms with van der Waals surface area (Å²) in [5, 5.41) is 3.78. The smallest absolute Gasteiger partial charge is 0.189 e. The molecule has 38 heavy (non-hydrogen) atoms. The number of likely N-dealkylation sites (N-methyl/N-ethyl adjacent to an activating group) is 1. The van der Waals surface area contributed by atoms with E-state index in [1.807, 2.05) is 67.7 Å². The van der Waals surface area contributed by atoms with Gasteiger partial charge in [-0.1, -0.05) is 78.3 Å². The minimum absolute atomic E-state index is 0.0381. The molecule has 1 aliphatic heterocycles. The SMILES string of the molecule is CN1C[C@@H](c2ccc(Cl)cc2)[C@@]2(CCc3c([nH]c4ccccc34)C2=O)[C@]12C(=O)c1cccc3cccc2c13. The van der Waals surface area contributed by atoms with Crippen molar-refractivity contribution < 1.29 is 9.59 Å². The number of ketones is 2. The number of para-hydroxylation sites is 1. The van der Waals surface area contributed by atoms with Crippen LogP contribution >= 0.6 is 11.6 Å². The maximum atomic E-state index is 15.1. The Morgan fingerprint density at radius 1 is 0.895 bits per heavy atom. The number of carbonyl (C=O) groups excluding carboxylic acids is 2. The van der Waals surface area contributed by atoms with Gasteiger partial charge in [-0.05, 0) is 65.6 Å². The Morgan fingerprint density at radius 3 is 2.47 bits per heavy atom. The van der Waals surface area contributed by atoms with E-state index in [9.17, 15) is 4.79 Å². The maximum Gasteiger partial charge on any atom is 0.189 e. The lowest BCUT2D eigenvalue weighted by Crippen LogP contribution is -2.59. The standard InChI is InChI=1S/C33H25ClN2O2/c1-36-18-26(19-12-14-21(34)15-13-19)32(17-16-23-22-8-2-3-11-27(22)35-29(23)31(32)38)33(36)25-10-5-7-20-6-4-9-24(28(20)25)30(33)37/h2-15,26,35H,16-18H2,1H3/t26-,32+,33-/m0/s1. The van der Waals surface area contributed by atoms with Crippen molar-refractivity contribution in [1.82, 2.24) is 9.88 Å². The molecule has 186 valence electrons. The molecule has 4 aromatic carbocycles. The van der Waals surface area contributed by atoms with Gasteiger partial charge in [0.1, 0.15) is 5.54 Å². The molecule has 1 aromatic heterocycles. The lowest BCUT2D eigenvalue weighted by atomic mass is 9.53. The number of fused-ring (bicyclic) bond motifs is 5. The fourth-order valence-corrected chi connectivity index (χ4v) is 8.33. The Morgan fingerprint density at radius 2 is 1.66 bits per heavy atom. The van der Waals surface area contributed by atoms with Gasteiger partial charge in [-0.25, -0.2) is 0 Å². The van der Waals surface area contributed by atoms with E-state index in [-0.39, 0.29) is 17.5 Å². The molecule has 3 atom stereocenters. The van der Waals surface area contributed by atoms with Crippen molar-refractivity contribution in [3.63, 3.8) is 0 Å². The lowest BCUT2D eigenvalue weighted by molar-refractivity contribution is 0.0262. The molecule has 2 spiro atoms. The quantitative estimate of drug-likeness (QED) is 0.263. The van der Waals surface area contributed by atoms with E-state index >= 15 is 4.79 Å². The summed E-state index contributed by atoms with van der Waals surface area (Å²) < 4.78 is 0. The highest BCUT2D eigenvalue weighted by atomic mass is 35.5. The van der Waals surface area contributed by atoms with Gasteiger partial charge in [0.25, 0.3) is 0 Å². The number of aromatic nitrogens is 1. The maximum absolute atomic E-state index is 15.1. The van der Waals surface area contributed by atoms with E-state index in [0.29, 0.717) is 23.7 Å². The predicted molar refractivity (Wildman–Crippen MR) is 150 cm³/mol. The molecule has 2 heterocycles. The number of hydrogen-bond acceptors (Lipinski definition) is 3. The number of aryl methyl sites for hydroxylation is 1. The normalized spacial score (nSPS) is 26.3. The number of halogens is 1. The highest BCUT2D eigenvalue weighted by Gasteiger charge is 2.73. The Bertz CT molecular complexity index is 1830. The second-order valence-corrected chi connectivity index (χ2v) is 11.5. The molecule has 1 saturated heterocycles. The van der Waals surface area contributed by atoms with Crippen LogP contribution in [0.15, 0.2) is 84.9 Å². The number of carbonyl (C=O) groups is 2. The van der Waals surface area contributed by atoms with Crippen LogP contribution in [0.2, 0.25) is 5.02 Å². The summed E-state index contributed by atoms with van der Waals surface area (Å²) in [6, 6.07) is 28.1. The number of hydrogen-bond donors (Lipinski definition) is 1. The number of nitrogens with zero attached hydrogens (tertiary/aromatic N) is 1. The van der Waals surface area contributed by atoms with Crippen molar-refractivity contribution in [3.8, 4) is 0 Å². The summed E-state index contributed by atoms with van der Waals surface area (Å²) in [6.45, 7) is 0.596. The second-order valence-electron chi connectivity index (χ2n) is 11.1. The zero-order valence-electron chi connectivity index (χ0n) is 20.9. The van der Waals surface area contributed by atoms with Crippen LogP contribution in [0.5, 0.6) is 0 Å². The van der Waals surface area contributed by atoms with E-state index in [4.69, 9.17) is 11.6 Å². The van der Waals surface area contributed by atoms with E-state index in [0.717, 1.165) is 50.4 Å². The van der Waals surface area contributed by atoms with Crippen LogP contribution in [0.4, 0.5) is 0 Å². The van der Waals surface area contributed by atoms with Crippen molar-refractivity contribution >= 4 is 44.8 Å². The summed E-state index contributed by atoms with van der Waals surface area (Å²) in [7, 11) is 2.02. The minimum Gasteiger partial charge on any atom is -0.352 e. The first-order valence-electron chi connectivity index (χ1n) is 13.2. The Balaban J connectivity index is 1.46. The zero-order valence-corrected chi connectivity index (χ0v) is 21.7. The zero-order chi connectivity index (χ0) is 25.8. The molecule has 2 aliphatic carbocycles. The van der Waals surface area contributed by atoms with Crippen LogP contribution in [0.3, 0.4) is 0 Å². The highest BCUT2D eigenvalue weighted by molar-refractivity contribution is 6.30. The molecule has 8 rings (SSSR count). The van der Waals surface area contributed by atoms with Crippen molar-refractivity contribution in [2.75, 3.05) is 13.6 Å². The van der Waals surface area contributed by atoms with Crippen molar-refractivity contribution in [2.24, 2.45) is 5.41 Å². The van der Waals surface area contributed by atoms with E-state index in [2.05, 4.69) is 34.1 Å². The number of benzene rings is 4. The monoisotopic (exact) mass is 516 g/mol. The van der Waals surface area contributed by atoms with E-state index < -0.39 is 11.0 Å². The summed E-state index contributed by atoms with van der Waals surface area (Å²) in [6.07, 6.45) is 1.32. The number of likely N-dealkylation sites (tertiary alicyclic amines) is 1. The average Bonchev–Trinajstić information content (AvgIpc) is 3.53. The van der Waals surface area contributed by atoms with Gasteiger partial charge in [-0.2, -0.15) is 0 Å². The third kappa shape index (κ3) is 2.42. The third-order valence-electron chi connectivity index (χ3n) is 9.62. The first-order valence-corrected chi connectivity index (χ1v) is 13.5. The summed E-state index contributed by atoms with van der Waals surface area (Å²) >= 11 is 6.29. The molecule has 0 unspecified atom stereocenters. The molecule has 0 saturated carbocycles. The average molecular weight is 517 g/mol. The Hall–Kier alpha value is -3.73. The Kier molecular flexibility index (Phi) is 4.36. The van der Waals surface area contributed by atoms with Gasteiger partial charge in [-0.15, -0.1) is 0 Å². The van der Waals surface area contributed by atoms with Gasteiger partial charge in [0.05, 0.1) is 11.1 Å². The van der Waals surface area contributed by atoms with Gasteiger partial charge in [0.15, 0.2) is 11.6 Å². The van der Waals surface area contributed by atoms with Crippen molar-refractivity contribution in [3.05, 3.63) is 118 Å². The van der Waals surface area contributed by atoms with Crippen LogP contribution in [-0.2, 0) is 12.0 Å². The summed E-state index contributed by atoms with van der Waals surface area (Å²) in [4.78, 5) is 35.6. The number of H-pyrrole nitrogens is 1. The van der Waals surface area contributed by atoms with Gasteiger partial charge in [0.2, 0.25) is 0 Å². The van der Waals surface area contributed by atoms with Gasteiger partial charge >= 0.3 is 0 Å². The molecule has 3 aliphatic rings. The lowest BCUT2D eigenvalue weighted by Gasteiger charge is -2.48. The van der Waals surface area contributed by atoms with Crippen molar-refractivity contribution in [2.45, 2.75) is 24.3 Å². The first-order chi connectivity index (χ1) is 18.5. The first kappa shape index (κ1) is 22.3. The Labute approximate surface area is 225 Å². The summed E-state index contributed by atoms with van der Waals surface area (Å²) in [5.41, 5.74) is 3.34. The van der Waals surface area contributed by atoms with Crippen LogP contribution < -0.4 is 0 Å². The number of nitrogens with one attached hydrogen (secondary N) is 1. The molecular formula is C33H25ClN2O2. The molecule has 0 radical (unpaired) electrons. The van der Waals surface area contributed by atoms with Crippen LogP contribution in [0, 0.1) is 5.41 Å². The second kappa shape index (κ2) is 7.43. The number of rotatable bonds is 1. The summed E-state index contributed by atoms with van der Waals surface area (Å²) in [5.74, 6) is -0.0982. The van der Waals surface area contributed by atoms with E-state index in [1.54, 1.807) is 0 Å². The molecule has 5 heteroatoms. The number of aromatic amines is 1. The highest BCUT2D eigenvalue weighted by Crippen LogP contribution is 2.67. The molecular weight excluding hydrogens is 492 g/mol. The molecule has 5 aromatic rings. The van der Waals surface area contributed by atoms with Crippen molar-refractivity contribution in [1.29, 1.82) is 0 Å². The van der Waals surface area contributed by atoms with Gasteiger partial charge in [-0.3, -0.25) is 14.5 Å². The predicted octanol–water partition coefficient (Wildman–Crippen LogP) is 6.91. The molecule has 0 amide bonds. The van der Waals surface area contributed by atoms with E-state index in [1.165, 1.54) is 0 Å². The molecule has 4 nitrogen and oxygen atoms in total. The van der Waals surface area contributed by atoms with Gasteiger partial charge < -0.3 is 4.98 Å². The fraction of sp³-hybridized carbons (Fsp3) is 0.212. The van der Waals surface area contributed by atoms with Gasteiger partial charge in [0, 0.05) is 34.0 Å². The van der Waals surface area contributed by atoms with Crippen LogP contribution in [0.25, 0.3) is 21.7 Å². The largest absolute Gasteiger partial charge is 0.352 e. The molecule has 0 bridgehead atoms. The minimum atomic E-state index is -1.09.